The summed E-state index contributed by atoms with van der Waals surface area (Å²) in [5.74, 6) is -0.220. The van der Waals surface area contributed by atoms with Crippen LogP contribution < -0.4 is 5.32 Å². The number of aryl methyl sites for hydroxylation is 2. The zero-order chi connectivity index (χ0) is 22.3. The quantitative estimate of drug-likeness (QED) is 0.551. The summed E-state index contributed by atoms with van der Waals surface area (Å²) in [4.78, 5) is 27.9. The first-order valence-electron chi connectivity index (χ1n) is 10.3. The first-order valence-corrected chi connectivity index (χ1v) is 11.1. The Morgan fingerprint density at radius 3 is 2.40 bits per heavy atom. The third-order valence-electron chi connectivity index (χ3n) is 5.12. The van der Waals surface area contributed by atoms with Crippen molar-refractivity contribution in [2.24, 2.45) is 0 Å². The molecule has 0 heterocycles. The lowest BCUT2D eigenvalue weighted by molar-refractivity contribution is -0.140. The van der Waals surface area contributed by atoms with Crippen LogP contribution in [0.4, 0.5) is 0 Å². The van der Waals surface area contributed by atoms with Crippen molar-refractivity contribution in [3.8, 4) is 0 Å². The number of nitrogens with one attached hydrogen (secondary N) is 1. The molecule has 0 fully saturated rings. The van der Waals surface area contributed by atoms with Gasteiger partial charge in [-0.25, -0.2) is 0 Å². The van der Waals surface area contributed by atoms with Gasteiger partial charge in [0, 0.05) is 13.1 Å². The minimum absolute atomic E-state index is 0.0896. The number of nitrogens with zero attached hydrogens (tertiary/aromatic N) is 1. The van der Waals surface area contributed by atoms with Crippen LogP contribution in [0.25, 0.3) is 0 Å². The first kappa shape index (κ1) is 24.2. The van der Waals surface area contributed by atoms with Gasteiger partial charge in [-0.3, -0.25) is 9.59 Å². The molecule has 6 heteroatoms. The first-order chi connectivity index (χ1) is 14.3. The molecule has 2 amide bonds. The molecule has 0 aromatic heterocycles. The van der Waals surface area contributed by atoms with Gasteiger partial charge in [-0.05, 0) is 55.5 Å². The molecule has 0 saturated heterocycles. The number of benzene rings is 2. The van der Waals surface area contributed by atoms with E-state index in [1.165, 1.54) is 0 Å². The van der Waals surface area contributed by atoms with E-state index in [0.29, 0.717) is 29.6 Å². The van der Waals surface area contributed by atoms with Gasteiger partial charge in [-0.2, -0.15) is 0 Å². The van der Waals surface area contributed by atoms with Crippen LogP contribution in [0.15, 0.2) is 36.4 Å². The number of carbonyl (C=O) groups excluding carboxylic acids is 2. The fourth-order valence-electron chi connectivity index (χ4n) is 3.38. The van der Waals surface area contributed by atoms with Gasteiger partial charge >= 0.3 is 0 Å². The van der Waals surface area contributed by atoms with Gasteiger partial charge in [0.05, 0.1) is 16.5 Å². The van der Waals surface area contributed by atoms with Crippen LogP contribution in [0.2, 0.25) is 10.0 Å². The van der Waals surface area contributed by atoms with E-state index in [2.05, 4.69) is 5.32 Å². The van der Waals surface area contributed by atoms with Crippen molar-refractivity contribution in [1.82, 2.24) is 10.2 Å². The molecule has 30 heavy (non-hydrogen) atoms. The third-order valence-corrected chi connectivity index (χ3v) is 5.86. The molecule has 1 atom stereocenters. The molecule has 0 unspecified atom stereocenters. The Hall–Kier alpha value is -2.04. The van der Waals surface area contributed by atoms with Gasteiger partial charge in [0.15, 0.2) is 0 Å². The topological polar surface area (TPSA) is 49.4 Å². The van der Waals surface area contributed by atoms with Crippen LogP contribution in [-0.4, -0.2) is 29.3 Å². The molecule has 4 nitrogen and oxygen atoms in total. The number of carbonyl (C=O) groups is 2. The van der Waals surface area contributed by atoms with Crippen LogP contribution in [0, 0.1) is 13.8 Å². The largest absolute Gasteiger partial charge is 0.354 e. The Morgan fingerprint density at radius 1 is 1.03 bits per heavy atom. The Kier molecular flexibility index (Phi) is 9.19. The SMILES string of the molecule is CCCNC(=O)[C@@H](CC)N(Cc1ccc(Cl)c(Cl)c1)C(=O)Cc1cc(C)ccc1C. The molecule has 2 aromatic carbocycles. The van der Waals surface area contributed by atoms with E-state index in [0.717, 1.165) is 28.7 Å². The van der Waals surface area contributed by atoms with E-state index in [1.807, 2.05) is 52.0 Å². The van der Waals surface area contributed by atoms with Crippen LogP contribution in [0.1, 0.15) is 48.9 Å². The molecule has 0 spiro atoms. The van der Waals surface area contributed by atoms with E-state index < -0.39 is 6.04 Å². The summed E-state index contributed by atoms with van der Waals surface area (Å²) >= 11 is 12.2. The summed E-state index contributed by atoms with van der Waals surface area (Å²) in [6.07, 6.45) is 1.60. The molecule has 0 aliphatic carbocycles. The minimum Gasteiger partial charge on any atom is -0.354 e. The summed E-state index contributed by atoms with van der Waals surface area (Å²) in [6.45, 7) is 8.80. The maximum atomic E-state index is 13.4. The number of halogens is 2. The molecule has 0 saturated carbocycles. The molecule has 2 rings (SSSR count). The Balaban J connectivity index is 2.34. The monoisotopic (exact) mass is 448 g/mol. The van der Waals surface area contributed by atoms with Crippen molar-refractivity contribution in [3.63, 3.8) is 0 Å². The number of hydrogen-bond acceptors (Lipinski definition) is 2. The molecule has 0 radical (unpaired) electrons. The number of rotatable bonds is 9. The standard InChI is InChI=1S/C24H30Cl2N2O2/c1-5-11-27-24(30)22(6-2)28(15-18-9-10-20(25)21(26)13-18)23(29)14-19-12-16(3)7-8-17(19)4/h7-10,12-13,22H,5-6,11,14-15H2,1-4H3,(H,27,30)/t22-/m1/s1. The van der Waals surface area contributed by atoms with E-state index in [9.17, 15) is 9.59 Å². The van der Waals surface area contributed by atoms with Crippen molar-refractivity contribution >= 4 is 35.0 Å². The second kappa shape index (κ2) is 11.4. The van der Waals surface area contributed by atoms with Gasteiger partial charge < -0.3 is 10.2 Å². The van der Waals surface area contributed by atoms with Crippen LogP contribution in [0.3, 0.4) is 0 Å². The summed E-state index contributed by atoms with van der Waals surface area (Å²) in [5, 5.41) is 3.82. The Bertz CT molecular complexity index is 899. The maximum absolute atomic E-state index is 13.4. The van der Waals surface area contributed by atoms with Crippen molar-refractivity contribution in [1.29, 1.82) is 0 Å². The fraction of sp³-hybridized carbons (Fsp3) is 0.417. The van der Waals surface area contributed by atoms with Crippen LogP contribution in [-0.2, 0) is 22.6 Å². The molecule has 2 aromatic rings. The van der Waals surface area contributed by atoms with Gasteiger partial charge in [-0.15, -0.1) is 0 Å². The Morgan fingerprint density at radius 2 is 1.77 bits per heavy atom. The van der Waals surface area contributed by atoms with E-state index >= 15 is 0 Å². The van der Waals surface area contributed by atoms with Crippen molar-refractivity contribution in [2.75, 3.05) is 6.54 Å². The summed E-state index contributed by atoms with van der Waals surface area (Å²) in [5.41, 5.74) is 3.97. The summed E-state index contributed by atoms with van der Waals surface area (Å²) in [6, 6.07) is 10.8. The normalized spacial score (nSPS) is 11.8. The number of amides is 2. The molecule has 0 aliphatic rings. The highest BCUT2D eigenvalue weighted by atomic mass is 35.5. The molecule has 1 N–H and O–H groups in total. The zero-order valence-corrected chi connectivity index (χ0v) is 19.6. The highest BCUT2D eigenvalue weighted by molar-refractivity contribution is 6.42. The average Bonchev–Trinajstić information content (AvgIpc) is 2.71. The predicted octanol–water partition coefficient (Wildman–Crippen LogP) is 5.49. The average molecular weight is 449 g/mol. The van der Waals surface area contributed by atoms with Crippen molar-refractivity contribution in [2.45, 2.75) is 59.5 Å². The number of hydrogen-bond donors (Lipinski definition) is 1. The van der Waals surface area contributed by atoms with E-state index in [4.69, 9.17) is 23.2 Å². The van der Waals surface area contributed by atoms with Crippen LogP contribution >= 0.6 is 23.2 Å². The lowest BCUT2D eigenvalue weighted by atomic mass is 10.0. The van der Waals surface area contributed by atoms with Crippen molar-refractivity contribution in [3.05, 3.63) is 68.7 Å². The molecule has 0 aliphatic heterocycles. The summed E-state index contributed by atoms with van der Waals surface area (Å²) < 4.78 is 0. The van der Waals surface area contributed by atoms with Gasteiger partial charge in [-0.1, -0.05) is 66.9 Å². The Labute approximate surface area is 189 Å². The highest BCUT2D eigenvalue weighted by Gasteiger charge is 2.28. The van der Waals surface area contributed by atoms with Gasteiger partial charge in [0.25, 0.3) is 0 Å². The van der Waals surface area contributed by atoms with E-state index in [1.54, 1.807) is 17.0 Å². The van der Waals surface area contributed by atoms with Gasteiger partial charge in [0.2, 0.25) is 11.8 Å². The zero-order valence-electron chi connectivity index (χ0n) is 18.1. The third kappa shape index (κ3) is 6.48. The second-order valence-electron chi connectivity index (χ2n) is 7.59. The van der Waals surface area contributed by atoms with Crippen LogP contribution in [0.5, 0.6) is 0 Å². The van der Waals surface area contributed by atoms with E-state index in [-0.39, 0.29) is 18.2 Å². The second-order valence-corrected chi connectivity index (χ2v) is 8.41. The maximum Gasteiger partial charge on any atom is 0.242 e. The molecule has 0 bridgehead atoms. The summed E-state index contributed by atoms with van der Waals surface area (Å²) in [7, 11) is 0. The van der Waals surface area contributed by atoms with Crippen molar-refractivity contribution < 1.29 is 9.59 Å². The fourth-order valence-corrected chi connectivity index (χ4v) is 3.70. The molecular formula is C24H30Cl2N2O2. The predicted molar refractivity (Wildman–Crippen MR) is 124 cm³/mol. The minimum atomic E-state index is -0.552. The van der Waals surface area contributed by atoms with Gasteiger partial charge in [0.1, 0.15) is 6.04 Å². The lowest BCUT2D eigenvalue weighted by Crippen LogP contribution is -2.49. The molecule has 162 valence electrons. The highest BCUT2D eigenvalue weighted by Crippen LogP contribution is 2.24. The lowest BCUT2D eigenvalue weighted by Gasteiger charge is -2.31. The smallest absolute Gasteiger partial charge is 0.242 e. The molecular weight excluding hydrogens is 419 g/mol.